The summed E-state index contributed by atoms with van der Waals surface area (Å²) in [5, 5.41) is 5.71. The standard InChI is InChI=1S/C48H58N6O8S2/c1-30(2)54-38-22-14-20-35(42-49-37(29-63-42)31-15-8-7-9-16-31)41(38)51-45(54)61-34-25-39-40(55)27-48(44(57)52-64(59,60)47(3)23-24-47)26-32(48)17-10-5-4-6-11-21-36(43(56)53(39)28-34)50-46(58)62-33-18-12-13-19-33/h7-10,14-17,20,22,29-30,32-34,36,39H,4-6,11-13,18-19,21,23-28H2,1-3H3,(H,50,58)(H,52,57)/b17-10-/t32-,34-,36+,39+,48-/m1/s1. The molecule has 2 aliphatic heterocycles. The Morgan fingerprint density at radius 3 is 2.45 bits per heavy atom. The molecule has 0 bridgehead atoms. The van der Waals surface area contributed by atoms with Gasteiger partial charge in [-0.15, -0.1) is 11.3 Å². The fraction of sp³-hybridized carbons (Fsp3) is 0.542. The Bertz CT molecular complexity index is 2560. The van der Waals surface area contributed by atoms with E-state index in [2.05, 4.69) is 10.0 Å². The van der Waals surface area contributed by atoms with Gasteiger partial charge in [0.15, 0.2) is 5.78 Å². The number of fused-ring (bicyclic) bond motifs is 3. The average Bonchev–Trinajstić information content (AvgIpc) is 3.75. The summed E-state index contributed by atoms with van der Waals surface area (Å²) in [5.74, 6) is -1.79. The van der Waals surface area contributed by atoms with Crippen molar-refractivity contribution in [2.24, 2.45) is 11.3 Å². The topological polar surface area (TPSA) is 179 Å². The highest BCUT2D eigenvalue weighted by atomic mass is 32.2. The zero-order chi connectivity index (χ0) is 44.8. The predicted octanol–water partition coefficient (Wildman–Crippen LogP) is 8.28. The van der Waals surface area contributed by atoms with Crippen molar-refractivity contribution in [1.29, 1.82) is 0 Å². The molecule has 5 atom stereocenters. The number of allylic oxidation sites excluding steroid dienone is 2. The number of thiazole rings is 1. The van der Waals surface area contributed by atoms with Crippen LogP contribution in [0.4, 0.5) is 4.79 Å². The molecule has 0 unspecified atom stereocenters. The maximum Gasteiger partial charge on any atom is 0.408 e. The van der Waals surface area contributed by atoms with E-state index < -0.39 is 56.3 Å². The summed E-state index contributed by atoms with van der Waals surface area (Å²) in [6.07, 6.45) is 10.4. The van der Waals surface area contributed by atoms with Gasteiger partial charge in [0.1, 0.15) is 28.8 Å². The van der Waals surface area contributed by atoms with Crippen molar-refractivity contribution in [1.82, 2.24) is 29.5 Å². The molecule has 16 heteroatoms. The number of hydrogen-bond donors (Lipinski definition) is 2. The van der Waals surface area contributed by atoms with Crippen LogP contribution >= 0.6 is 11.3 Å². The Morgan fingerprint density at radius 2 is 1.70 bits per heavy atom. The molecule has 2 aromatic carbocycles. The number of alkyl carbamates (subject to hydrolysis) is 1. The molecule has 3 saturated carbocycles. The summed E-state index contributed by atoms with van der Waals surface area (Å²) in [6.45, 7) is 5.73. The molecule has 340 valence electrons. The number of hydrogen-bond acceptors (Lipinski definition) is 11. The van der Waals surface area contributed by atoms with Gasteiger partial charge in [-0.3, -0.25) is 23.7 Å². The number of carbonyl (C=O) groups is 4. The third-order valence-corrected chi connectivity index (χ3v) is 17.0. The van der Waals surface area contributed by atoms with Crippen LogP contribution in [0.3, 0.4) is 0 Å². The van der Waals surface area contributed by atoms with Crippen LogP contribution in [0.5, 0.6) is 6.01 Å². The van der Waals surface area contributed by atoms with Crippen molar-refractivity contribution in [2.45, 2.75) is 146 Å². The molecule has 4 fully saturated rings. The second kappa shape index (κ2) is 17.7. The van der Waals surface area contributed by atoms with Crippen LogP contribution in [-0.4, -0.2) is 87.1 Å². The minimum absolute atomic E-state index is 0.0292. The summed E-state index contributed by atoms with van der Waals surface area (Å²) >= 11 is 1.53. The number of para-hydroxylation sites is 1. The normalized spacial score (nSPS) is 26.7. The molecule has 14 nitrogen and oxygen atoms in total. The Hall–Kier alpha value is -5.09. The second-order valence-corrected chi connectivity index (χ2v) is 22.0. The van der Waals surface area contributed by atoms with Gasteiger partial charge in [0, 0.05) is 35.4 Å². The number of rotatable bonds is 10. The van der Waals surface area contributed by atoms with Gasteiger partial charge in [-0.25, -0.2) is 18.2 Å². The summed E-state index contributed by atoms with van der Waals surface area (Å²) in [6, 6.07) is 14.2. The first-order valence-corrected chi connectivity index (χ1v) is 25.3. The van der Waals surface area contributed by atoms with Gasteiger partial charge in [0.2, 0.25) is 21.8 Å². The zero-order valence-corrected chi connectivity index (χ0v) is 38.4. The van der Waals surface area contributed by atoms with Crippen LogP contribution in [0.2, 0.25) is 0 Å². The number of nitrogens with zero attached hydrogens (tertiary/aromatic N) is 4. The van der Waals surface area contributed by atoms with Gasteiger partial charge in [0.25, 0.3) is 6.01 Å². The molecular weight excluding hydrogens is 853 g/mol. The number of ether oxygens (including phenoxy) is 2. The van der Waals surface area contributed by atoms with Crippen LogP contribution in [-0.2, 0) is 29.1 Å². The van der Waals surface area contributed by atoms with Crippen LogP contribution in [0, 0.1) is 11.3 Å². The third-order valence-electron chi connectivity index (χ3n) is 14.0. The Labute approximate surface area is 378 Å². The molecule has 9 rings (SSSR count). The van der Waals surface area contributed by atoms with Crippen molar-refractivity contribution in [2.75, 3.05) is 6.54 Å². The first kappa shape index (κ1) is 44.1. The van der Waals surface area contributed by atoms with Gasteiger partial charge in [0.05, 0.1) is 34.0 Å². The number of Topliss-reactive ketones (excluding diaryl/α,β-unsaturated/α-hetero) is 1. The van der Waals surface area contributed by atoms with Gasteiger partial charge < -0.3 is 19.7 Å². The summed E-state index contributed by atoms with van der Waals surface area (Å²) in [7, 11) is -3.97. The second-order valence-electron chi connectivity index (χ2n) is 19.0. The maximum atomic E-state index is 14.9. The van der Waals surface area contributed by atoms with E-state index >= 15 is 0 Å². The summed E-state index contributed by atoms with van der Waals surface area (Å²) in [5.41, 5.74) is 3.02. The van der Waals surface area contributed by atoms with Crippen molar-refractivity contribution in [3.8, 4) is 27.8 Å². The largest absolute Gasteiger partial charge is 0.459 e. The molecule has 64 heavy (non-hydrogen) atoms. The Balaban J connectivity index is 1.03. The van der Waals surface area contributed by atoms with Crippen molar-refractivity contribution in [3.63, 3.8) is 0 Å². The van der Waals surface area contributed by atoms with Gasteiger partial charge in [-0.1, -0.05) is 61.4 Å². The van der Waals surface area contributed by atoms with Crippen LogP contribution in [0.1, 0.15) is 117 Å². The molecule has 1 saturated heterocycles. The van der Waals surface area contributed by atoms with E-state index in [1.54, 1.807) is 6.92 Å². The van der Waals surface area contributed by atoms with Crippen molar-refractivity contribution >= 4 is 56.1 Å². The Morgan fingerprint density at radius 1 is 0.938 bits per heavy atom. The fourth-order valence-corrected chi connectivity index (χ4v) is 11.9. The van der Waals surface area contributed by atoms with Gasteiger partial charge in [-0.2, -0.15) is 4.98 Å². The smallest absolute Gasteiger partial charge is 0.408 e. The molecule has 0 radical (unpaired) electrons. The van der Waals surface area contributed by atoms with Gasteiger partial charge in [-0.05, 0) is 103 Å². The van der Waals surface area contributed by atoms with Crippen LogP contribution in [0.15, 0.2) is 66.1 Å². The number of amides is 3. The van der Waals surface area contributed by atoms with E-state index in [-0.39, 0.29) is 43.2 Å². The molecule has 4 aromatic rings. The lowest BCUT2D eigenvalue weighted by Crippen LogP contribution is -2.52. The first-order chi connectivity index (χ1) is 30.7. The highest BCUT2D eigenvalue weighted by molar-refractivity contribution is 7.91. The SMILES string of the molecule is CC(C)n1c(O[C@@H]2C[C@H]3C(=O)C[C@]4(C(=O)NS(=O)(=O)C5(C)CC5)C[C@H]4/C=C\CCCCC[C@H](NC(=O)OC4CCCC4)C(=O)N3C2)nc2c(-c3nc(-c4ccccc4)cs3)cccc21. The maximum absolute atomic E-state index is 14.9. The predicted molar refractivity (Wildman–Crippen MR) is 244 cm³/mol. The molecule has 2 N–H and O–H groups in total. The van der Waals surface area contributed by atoms with E-state index in [1.165, 1.54) is 16.2 Å². The number of carbonyl (C=O) groups excluding carboxylic acids is 4. The summed E-state index contributed by atoms with van der Waals surface area (Å²) < 4.78 is 42.6. The summed E-state index contributed by atoms with van der Waals surface area (Å²) in [4.78, 5) is 68.7. The number of imidazole rings is 1. The lowest BCUT2D eigenvalue weighted by atomic mass is 9.91. The van der Waals surface area contributed by atoms with Crippen LogP contribution < -0.4 is 14.8 Å². The minimum atomic E-state index is -3.97. The van der Waals surface area contributed by atoms with E-state index in [9.17, 15) is 27.6 Å². The lowest BCUT2D eigenvalue weighted by molar-refractivity contribution is -0.140. The van der Waals surface area contributed by atoms with E-state index in [0.29, 0.717) is 43.6 Å². The molecule has 3 aliphatic carbocycles. The van der Waals surface area contributed by atoms with E-state index in [0.717, 1.165) is 72.3 Å². The molecule has 3 amide bonds. The number of sulfonamides is 1. The van der Waals surface area contributed by atoms with Crippen LogP contribution in [0.25, 0.3) is 32.9 Å². The highest BCUT2D eigenvalue weighted by Gasteiger charge is 2.62. The molecule has 0 spiro atoms. The number of aromatic nitrogens is 3. The number of ketones is 1. The lowest BCUT2D eigenvalue weighted by Gasteiger charge is -2.29. The van der Waals surface area contributed by atoms with E-state index in [1.807, 2.05) is 84.5 Å². The van der Waals surface area contributed by atoms with Crippen molar-refractivity contribution in [3.05, 3.63) is 66.1 Å². The third kappa shape index (κ3) is 8.83. The van der Waals surface area contributed by atoms with Crippen molar-refractivity contribution < 1.29 is 37.1 Å². The average molecular weight is 911 g/mol. The van der Waals surface area contributed by atoms with E-state index in [4.69, 9.17) is 19.4 Å². The quantitative estimate of drug-likeness (QED) is 0.147. The first-order valence-electron chi connectivity index (χ1n) is 23.0. The number of nitrogens with one attached hydrogen (secondary N) is 2. The molecule has 2 aromatic heterocycles. The Kier molecular flexibility index (Phi) is 12.2. The zero-order valence-electron chi connectivity index (χ0n) is 36.8. The fourth-order valence-electron chi connectivity index (χ4n) is 9.76. The molecule has 4 heterocycles. The monoisotopic (exact) mass is 910 g/mol. The molecule has 5 aliphatic rings. The molecular formula is C48H58N6O8S2. The minimum Gasteiger partial charge on any atom is -0.459 e. The number of benzene rings is 2. The van der Waals surface area contributed by atoms with Gasteiger partial charge >= 0.3 is 6.09 Å². The highest BCUT2D eigenvalue weighted by Crippen LogP contribution is 2.57.